The van der Waals surface area contributed by atoms with Crippen molar-refractivity contribution in [3.63, 3.8) is 0 Å². The second-order valence-corrected chi connectivity index (χ2v) is 6.96. The van der Waals surface area contributed by atoms with Crippen LogP contribution in [-0.4, -0.2) is 46.7 Å². The van der Waals surface area contributed by atoms with Gasteiger partial charge in [-0.15, -0.1) is 0 Å². The smallest absolute Gasteiger partial charge is 0.315 e. The SMILES string of the molecule is [N-]=[N+]=NCCCC(CCC[C@@H]1SC[C@@H]2NC(=O)N[C@@H]21)C(=O)O. The Morgan fingerprint density at radius 1 is 1.45 bits per heavy atom. The highest BCUT2D eigenvalue weighted by molar-refractivity contribution is 8.00. The zero-order valence-corrected chi connectivity index (χ0v) is 13.1. The fourth-order valence-corrected chi connectivity index (χ4v) is 4.60. The molecule has 2 fully saturated rings. The third kappa shape index (κ3) is 4.45. The molecule has 2 heterocycles. The second kappa shape index (κ2) is 8.14. The average Bonchev–Trinajstić information content (AvgIpc) is 3.01. The lowest BCUT2D eigenvalue weighted by Gasteiger charge is -2.18. The van der Waals surface area contributed by atoms with Gasteiger partial charge >= 0.3 is 12.0 Å². The normalized spacial score (nSPS) is 27.5. The molecule has 0 radical (unpaired) electrons. The van der Waals surface area contributed by atoms with Crippen molar-refractivity contribution in [3.8, 4) is 0 Å². The first-order valence-electron chi connectivity index (χ1n) is 7.54. The Bertz CT molecular complexity index is 469. The highest BCUT2D eigenvalue weighted by Crippen LogP contribution is 2.33. The minimum atomic E-state index is -0.784. The van der Waals surface area contributed by atoms with Crippen molar-refractivity contribution in [3.05, 3.63) is 10.4 Å². The summed E-state index contributed by atoms with van der Waals surface area (Å²) in [7, 11) is 0. The number of hydrogen-bond donors (Lipinski definition) is 3. The molecule has 0 spiro atoms. The number of carboxylic acid groups (broad SMARTS) is 1. The first-order chi connectivity index (χ1) is 10.6. The van der Waals surface area contributed by atoms with Gasteiger partial charge in [-0.2, -0.15) is 11.8 Å². The number of urea groups is 1. The molecule has 8 nitrogen and oxygen atoms in total. The van der Waals surface area contributed by atoms with Crippen molar-refractivity contribution in [1.29, 1.82) is 0 Å². The van der Waals surface area contributed by atoms with Crippen LogP contribution in [0.3, 0.4) is 0 Å². The largest absolute Gasteiger partial charge is 0.481 e. The molecule has 2 saturated heterocycles. The molecule has 0 aliphatic carbocycles. The molecule has 0 aromatic carbocycles. The molecule has 2 aliphatic rings. The van der Waals surface area contributed by atoms with Crippen LogP contribution in [0.25, 0.3) is 10.4 Å². The molecule has 0 saturated carbocycles. The van der Waals surface area contributed by atoms with E-state index in [1.54, 1.807) is 0 Å². The van der Waals surface area contributed by atoms with Crippen LogP contribution in [0.1, 0.15) is 32.1 Å². The maximum atomic E-state index is 11.3. The number of carboxylic acids is 1. The summed E-state index contributed by atoms with van der Waals surface area (Å²) in [5.41, 5.74) is 8.20. The Hall–Kier alpha value is -1.60. The predicted molar refractivity (Wildman–Crippen MR) is 83.7 cm³/mol. The van der Waals surface area contributed by atoms with E-state index in [1.165, 1.54) is 0 Å². The number of aliphatic carboxylic acids is 1. The van der Waals surface area contributed by atoms with E-state index in [0.29, 0.717) is 31.1 Å². The maximum Gasteiger partial charge on any atom is 0.315 e. The van der Waals surface area contributed by atoms with E-state index in [9.17, 15) is 14.7 Å². The van der Waals surface area contributed by atoms with E-state index in [-0.39, 0.29) is 24.0 Å². The lowest BCUT2D eigenvalue weighted by molar-refractivity contribution is -0.142. The average molecular weight is 327 g/mol. The second-order valence-electron chi connectivity index (χ2n) is 5.68. The predicted octanol–water partition coefficient (Wildman–Crippen LogP) is 2.11. The van der Waals surface area contributed by atoms with Crippen LogP contribution in [0.2, 0.25) is 0 Å². The molecular weight excluding hydrogens is 306 g/mol. The number of thioether (sulfide) groups is 1. The third-order valence-electron chi connectivity index (χ3n) is 4.20. The molecule has 3 N–H and O–H groups in total. The Balaban J connectivity index is 1.70. The van der Waals surface area contributed by atoms with E-state index >= 15 is 0 Å². The van der Waals surface area contributed by atoms with Crippen LogP contribution >= 0.6 is 11.8 Å². The van der Waals surface area contributed by atoms with Gasteiger partial charge in [0.15, 0.2) is 0 Å². The van der Waals surface area contributed by atoms with Gasteiger partial charge in [0.2, 0.25) is 0 Å². The summed E-state index contributed by atoms with van der Waals surface area (Å²) in [5.74, 6) is -0.246. The molecule has 122 valence electrons. The van der Waals surface area contributed by atoms with Crippen molar-refractivity contribution in [2.45, 2.75) is 49.4 Å². The Labute approximate surface area is 133 Å². The Morgan fingerprint density at radius 2 is 2.23 bits per heavy atom. The fraction of sp³-hybridized carbons (Fsp3) is 0.846. The number of nitrogens with one attached hydrogen (secondary N) is 2. The molecule has 2 rings (SSSR count). The van der Waals surface area contributed by atoms with Gasteiger partial charge < -0.3 is 15.7 Å². The van der Waals surface area contributed by atoms with Crippen LogP contribution in [0, 0.1) is 5.92 Å². The van der Waals surface area contributed by atoms with Gasteiger partial charge in [0.05, 0.1) is 18.0 Å². The standard InChI is InChI=1S/C13H21N5O3S/c14-18-15-6-2-4-8(12(19)20)3-1-5-10-11-9(7-22-10)16-13(21)17-11/h8-11H,1-7H2,(H,19,20)(H2,16,17,21)/t8?,9-,10-,11-/m0/s1. The van der Waals surface area contributed by atoms with Crippen LogP contribution in [0.15, 0.2) is 5.11 Å². The van der Waals surface area contributed by atoms with E-state index < -0.39 is 5.97 Å². The third-order valence-corrected chi connectivity index (χ3v) is 5.71. The number of carbonyl (C=O) groups excluding carboxylic acids is 1. The zero-order chi connectivity index (χ0) is 15.9. The van der Waals surface area contributed by atoms with E-state index in [1.807, 2.05) is 11.8 Å². The monoisotopic (exact) mass is 327 g/mol. The molecule has 22 heavy (non-hydrogen) atoms. The minimum absolute atomic E-state index is 0.0956. The number of carbonyl (C=O) groups is 2. The summed E-state index contributed by atoms with van der Waals surface area (Å²) in [6.07, 6.45) is 3.50. The number of fused-ring (bicyclic) bond motifs is 1. The Morgan fingerprint density at radius 3 is 2.95 bits per heavy atom. The molecule has 2 aliphatic heterocycles. The van der Waals surface area contributed by atoms with Crippen molar-refractivity contribution < 1.29 is 14.7 Å². The van der Waals surface area contributed by atoms with Crippen molar-refractivity contribution in [1.82, 2.24) is 10.6 Å². The quantitative estimate of drug-likeness (QED) is 0.197. The molecular formula is C13H21N5O3S. The van der Waals surface area contributed by atoms with Gasteiger partial charge in [0.1, 0.15) is 0 Å². The summed E-state index contributed by atoms with van der Waals surface area (Å²) in [6, 6.07) is 0.286. The fourth-order valence-electron chi connectivity index (χ4n) is 3.05. The summed E-state index contributed by atoms with van der Waals surface area (Å²) >= 11 is 1.84. The van der Waals surface area contributed by atoms with Crippen LogP contribution in [-0.2, 0) is 4.79 Å². The van der Waals surface area contributed by atoms with E-state index in [4.69, 9.17) is 5.53 Å². The number of azide groups is 1. The first-order valence-corrected chi connectivity index (χ1v) is 8.59. The van der Waals surface area contributed by atoms with Gasteiger partial charge in [-0.3, -0.25) is 4.79 Å². The summed E-state index contributed by atoms with van der Waals surface area (Å²) in [6.45, 7) is 0.347. The lowest BCUT2D eigenvalue weighted by Crippen LogP contribution is -2.36. The highest BCUT2D eigenvalue weighted by Gasteiger charge is 2.42. The molecule has 0 aromatic rings. The maximum absolute atomic E-state index is 11.3. The molecule has 0 bridgehead atoms. The van der Waals surface area contributed by atoms with Crippen molar-refractivity contribution in [2.24, 2.45) is 11.0 Å². The van der Waals surface area contributed by atoms with Crippen molar-refractivity contribution in [2.75, 3.05) is 12.3 Å². The van der Waals surface area contributed by atoms with E-state index in [0.717, 1.165) is 18.6 Å². The molecule has 1 unspecified atom stereocenters. The summed E-state index contributed by atoms with van der Waals surface area (Å²) in [4.78, 5) is 25.2. The van der Waals surface area contributed by atoms with Gasteiger partial charge in [-0.1, -0.05) is 11.5 Å². The topological polar surface area (TPSA) is 127 Å². The minimum Gasteiger partial charge on any atom is -0.481 e. The summed E-state index contributed by atoms with van der Waals surface area (Å²) < 4.78 is 0. The first kappa shape index (κ1) is 16.8. The number of nitrogens with zero attached hydrogens (tertiary/aromatic N) is 3. The number of rotatable bonds is 9. The molecule has 0 aromatic heterocycles. The van der Waals surface area contributed by atoms with Gasteiger partial charge in [0, 0.05) is 22.5 Å². The van der Waals surface area contributed by atoms with Gasteiger partial charge in [-0.25, -0.2) is 4.79 Å². The lowest BCUT2D eigenvalue weighted by atomic mass is 9.95. The van der Waals surface area contributed by atoms with Gasteiger partial charge in [0.25, 0.3) is 0 Å². The molecule has 9 heteroatoms. The molecule has 2 amide bonds. The van der Waals surface area contributed by atoms with Crippen LogP contribution < -0.4 is 10.6 Å². The Kier molecular flexibility index (Phi) is 6.21. The van der Waals surface area contributed by atoms with Crippen molar-refractivity contribution >= 4 is 23.8 Å². The number of hydrogen-bond acceptors (Lipinski definition) is 4. The molecule has 4 atom stereocenters. The van der Waals surface area contributed by atoms with Crippen LogP contribution in [0.5, 0.6) is 0 Å². The summed E-state index contributed by atoms with van der Waals surface area (Å²) in [5, 5.41) is 18.9. The van der Waals surface area contributed by atoms with E-state index in [2.05, 4.69) is 20.7 Å². The van der Waals surface area contributed by atoms with Crippen LogP contribution in [0.4, 0.5) is 4.79 Å². The number of amides is 2. The zero-order valence-electron chi connectivity index (χ0n) is 12.3. The highest BCUT2D eigenvalue weighted by atomic mass is 32.2. The van der Waals surface area contributed by atoms with Gasteiger partial charge in [-0.05, 0) is 31.2 Å².